The summed E-state index contributed by atoms with van der Waals surface area (Å²) >= 11 is 0. The number of nitrogens with zero attached hydrogens (tertiary/aromatic N) is 1. The van der Waals surface area contributed by atoms with Crippen molar-refractivity contribution in [3.63, 3.8) is 0 Å². The van der Waals surface area contributed by atoms with Gasteiger partial charge in [-0.1, -0.05) is 0 Å². The molecule has 7 nitrogen and oxygen atoms in total. The monoisotopic (exact) mass is 225 g/mol. The Kier molecular flexibility index (Phi) is 4.37. The highest BCUT2D eigenvalue weighted by molar-refractivity contribution is 5.99. The van der Waals surface area contributed by atoms with Gasteiger partial charge >= 0.3 is 0 Å². The average Bonchev–Trinajstić information content (AvgIpc) is 2.30. The number of carbonyl (C=O) groups is 2. The SMILES string of the molecule is O=C(NCO)c1cncc(C(=O)NCO)c1. The molecule has 2 amide bonds. The molecule has 0 radical (unpaired) electrons. The first kappa shape index (κ1) is 12.1. The Hall–Kier alpha value is -1.99. The maximum atomic E-state index is 11.3. The number of aromatic nitrogens is 1. The molecule has 0 unspecified atom stereocenters. The first-order valence-corrected chi connectivity index (χ1v) is 4.42. The number of rotatable bonds is 4. The van der Waals surface area contributed by atoms with E-state index in [-0.39, 0.29) is 11.1 Å². The quantitative estimate of drug-likeness (QED) is 0.463. The van der Waals surface area contributed by atoms with Crippen LogP contribution in [-0.2, 0) is 0 Å². The number of pyridine rings is 1. The zero-order valence-corrected chi connectivity index (χ0v) is 8.30. The van der Waals surface area contributed by atoms with Gasteiger partial charge in [0, 0.05) is 12.4 Å². The van der Waals surface area contributed by atoms with E-state index in [2.05, 4.69) is 15.6 Å². The molecule has 7 heteroatoms. The second-order valence-electron chi connectivity index (χ2n) is 2.79. The predicted octanol–water partition coefficient (Wildman–Crippen LogP) is -1.56. The van der Waals surface area contributed by atoms with Gasteiger partial charge in [0.2, 0.25) is 0 Å². The van der Waals surface area contributed by atoms with Crippen molar-refractivity contribution in [1.82, 2.24) is 15.6 Å². The first-order valence-electron chi connectivity index (χ1n) is 4.42. The van der Waals surface area contributed by atoms with E-state index in [0.717, 1.165) is 0 Å². The van der Waals surface area contributed by atoms with Gasteiger partial charge in [0.05, 0.1) is 11.1 Å². The highest BCUT2D eigenvalue weighted by atomic mass is 16.3. The number of hydrogen-bond donors (Lipinski definition) is 4. The van der Waals surface area contributed by atoms with Crippen LogP contribution in [0.15, 0.2) is 18.5 Å². The van der Waals surface area contributed by atoms with E-state index in [1.54, 1.807) is 0 Å². The van der Waals surface area contributed by atoms with Crippen molar-refractivity contribution in [2.24, 2.45) is 0 Å². The van der Waals surface area contributed by atoms with Crippen LogP contribution in [0.5, 0.6) is 0 Å². The predicted molar refractivity (Wildman–Crippen MR) is 53.3 cm³/mol. The molecule has 4 N–H and O–H groups in total. The molecule has 1 rings (SSSR count). The summed E-state index contributed by atoms with van der Waals surface area (Å²) in [7, 11) is 0. The topological polar surface area (TPSA) is 112 Å². The smallest absolute Gasteiger partial charge is 0.254 e. The molecule has 0 aliphatic rings. The number of nitrogens with one attached hydrogen (secondary N) is 2. The van der Waals surface area contributed by atoms with Gasteiger partial charge in [-0.05, 0) is 6.07 Å². The highest BCUT2D eigenvalue weighted by Crippen LogP contribution is 2.02. The van der Waals surface area contributed by atoms with Crippen LogP contribution in [0, 0.1) is 0 Å². The summed E-state index contributed by atoms with van der Waals surface area (Å²) in [6.07, 6.45) is 2.53. The molecule has 0 fully saturated rings. The second kappa shape index (κ2) is 5.79. The van der Waals surface area contributed by atoms with E-state index in [9.17, 15) is 9.59 Å². The number of hydrogen-bond acceptors (Lipinski definition) is 5. The minimum atomic E-state index is -0.534. The van der Waals surface area contributed by atoms with Gasteiger partial charge in [0.15, 0.2) is 0 Å². The van der Waals surface area contributed by atoms with E-state index in [1.165, 1.54) is 18.5 Å². The Balaban J connectivity index is 2.86. The van der Waals surface area contributed by atoms with E-state index >= 15 is 0 Å². The molecule has 16 heavy (non-hydrogen) atoms. The molecular weight excluding hydrogens is 214 g/mol. The average molecular weight is 225 g/mol. The molecule has 0 saturated heterocycles. The minimum absolute atomic E-state index is 0.152. The fraction of sp³-hybridized carbons (Fsp3) is 0.222. The fourth-order valence-electron chi connectivity index (χ4n) is 1.04. The molecule has 1 aromatic rings. The normalized spacial score (nSPS) is 9.62. The van der Waals surface area contributed by atoms with Gasteiger partial charge in [-0.15, -0.1) is 0 Å². The fourth-order valence-corrected chi connectivity index (χ4v) is 1.04. The summed E-state index contributed by atoms with van der Waals surface area (Å²) in [6.45, 7) is -0.988. The van der Waals surface area contributed by atoms with Gasteiger partial charge in [0.25, 0.3) is 11.8 Å². The van der Waals surface area contributed by atoms with Crippen molar-refractivity contribution in [3.05, 3.63) is 29.6 Å². The summed E-state index contributed by atoms with van der Waals surface area (Å²) in [4.78, 5) is 26.3. The van der Waals surface area contributed by atoms with Crippen molar-refractivity contribution in [2.45, 2.75) is 0 Å². The molecule has 1 heterocycles. The molecule has 0 saturated carbocycles. The number of carbonyl (C=O) groups excluding carboxylic acids is 2. The van der Waals surface area contributed by atoms with Crippen LogP contribution in [0.2, 0.25) is 0 Å². The minimum Gasteiger partial charge on any atom is -0.376 e. The van der Waals surface area contributed by atoms with Crippen LogP contribution in [0.1, 0.15) is 20.7 Å². The molecule has 0 aliphatic carbocycles. The van der Waals surface area contributed by atoms with Crippen LogP contribution < -0.4 is 10.6 Å². The maximum Gasteiger partial charge on any atom is 0.254 e. The lowest BCUT2D eigenvalue weighted by molar-refractivity contribution is 0.0908. The van der Waals surface area contributed by atoms with Crippen LogP contribution in [0.3, 0.4) is 0 Å². The van der Waals surface area contributed by atoms with Crippen molar-refractivity contribution >= 4 is 11.8 Å². The lowest BCUT2D eigenvalue weighted by atomic mass is 10.2. The van der Waals surface area contributed by atoms with Gasteiger partial charge in [-0.3, -0.25) is 14.6 Å². The molecule has 86 valence electrons. The summed E-state index contributed by atoms with van der Waals surface area (Å²) < 4.78 is 0. The van der Waals surface area contributed by atoms with Gasteiger partial charge in [-0.2, -0.15) is 0 Å². The molecule has 0 atom stereocenters. The van der Waals surface area contributed by atoms with Crippen molar-refractivity contribution in [2.75, 3.05) is 13.5 Å². The van der Waals surface area contributed by atoms with Crippen LogP contribution in [-0.4, -0.2) is 40.5 Å². The Morgan fingerprint density at radius 1 is 1.06 bits per heavy atom. The Morgan fingerprint density at radius 2 is 1.50 bits per heavy atom. The van der Waals surface area contributed by atoms with E-state index in [0.29, 0.717) is 0 Å². The summed E-state index contributed by atoms with van der Waals surface area (Å²) in [5.74, 6) is -1.07. The third-order valence-electron chi connectivity index (χ3n) is 1.74. The highest BCUT2D eigenvalue weighted by Gasteiger charge is 2.09. The van der Waals surface area contributed by atoms with Crippen molar-refractivity contribution < 1.29 is 19.8 Å². The largest absolute Gasteiger partial charge is 0.376 e. The third-order valence-corrected chi connectivity index (χ3v) is 1.74. The summed E-state index contributed by atoms with van der Waals surface area (Å²) in [5.41, 5.74) is 0.305. The lowest BCUT2D eigenvalue weighted by Crippen LogP contribution is -2.26. The second-order valence-corrected chi connectivity index (χ2v) is 2.79. The molecule has 0 bridgehead atoms. The molecule has 1 aromatic heterocycles. The Labute approximate surface area is 91.1 Å². The van der Waals surface area contributed by atoms with E-state index in [1.807, 2.05) is 0 Å². The molecular formula is C9H11N3O4. The Bertz CT molecular complexity index is 361. The number of aliphatic hydroxyl groups excluding tert-OH is 2. The molecule has 0 aliphatic heterocycles. The van der Waals surface area contributed by atoms with E-state index < -0.39 is 25.3 Å². The zero-order valence-electron chi connectivity index (χ0n) is 8.30. The Morgan fingerprint density at radius 3 is 1.88 bits per heavy atom. The van der Waals surface area contributed by atoms with Gasteiger partial charge in [0.1, 0.15) is 13.5 Å². The zero-order chi connectivity index (χ0) is 12.0. The van der Waals surface area contributed by atoms with Crippen LogP contribution in [0.4, 0.5) is 0 Å². The standard InChI is InChI=1S/C9H11N3O4/c13-4-11-8(15)6-1-7(3-10-2-6)9(16)12-5-14/h1-3,13-14H,4-5H2,(H,11,15)(H,12,16). The van der Waals surface area contributed by atoms with Crippen LogP contribution >= 0.6 is 0 Å². The van der Waals surface area contributed by atoms with Crippen LogP contribution in [0.25, 0.3) is 0 Å². The third kappa shape index (κ3) is 3.01. The van der Waals surface area contributed by atoms with Gasteiger partial charge in [-0.25, -0.2) is 0 Å². The van der Waals surface area contributed by atoms with E-state index in [4.69, 9.17) is 10.2 Å². The maximum absolute atomic E-state index is 11.3. The summed E-state index contributed by atoms with van der Waals surface area (Å²) in [5, 5.41) is 21.3. The summed E-state index contributed by atoms with van der Waals surface area (Å²) in [6, 6.07) is 1.31. The molecule has 0 aromatic carbocycles. The van der Waals surface area contributed by atoms with Crippen molar-refractivity contribution in [3.8, 4) is 0 Å². The first-order chi connectivity index (χ1) is 7.69. The van der Waals surface area contributed by atoms with Gasteiger partial charge < -0.3 is 20.8 Å². The number of amides is 2. The van der Waals surface area contributed by atoms with Crippen molar-refractivity contribution in [1.29, 1.82) is 0 Å². The molecule has 0 spiro atoms. The number of aliphatic hydroxyl groups is 2. The lowest BCUT2D eigenvalue weighted by Gasteiger charge is -2.04.